The lowest BCUT2D eigenvalue weighted by Gasteiger charge is -1.93. The van der Waals surface area contributed by atoms with E-state index in [0.717, 1.165) is 11.0 Å². The molecule has 3 heteroatoms. The molecular weight excluding hydrogens is 207 g/mol. The van der Waals surface area contributed by atoms with Gasteiger partial charge >= 0.3 is 0 Å². The van der Waals surface area contributed by atoms with Gasteiger partial charge in [-0.1, -0.05) is 22.6 Å². The highest BCUT2D eigenvalue weighted by molar-refractivity contribution is 14.1. The molecule has 0 spiro atoms. The van der Waals surface area contributed by atoms with Gasteiger partial charge in [0.25, 0.3) is 0 Å². The minimum Gasteiger partial charge on any atom is -0.396 e. The van der Waals surface area contributed by atoms with Crippen LogP contribution < -0.4 is 0 Å². The van der Waals surface area contributed by atoms with Crippen LogP contribution in [0.3, 0.4) is 0 Å². The second-order valence-electron chi connectivity index (χ2n) is 1.09. The maximum Gasteiger partial charge on any atom is 0.0979 e. The number of alkyl halides is 1. The minimum absolute atomic E-state index is 0.233. The van der Waals surface area contributed by atoms with E-state index in [0.29, 0.717) is 6.61 Å². The molecule has 0 bridgehead atoms. The van der Waals surface area contributed by atoms with E-state index in [9.17, 15) is 0 Å². The van der Waals surface area contributed by atoms with E-state index in [-0.39, 0.29) is 6.61 Å². The van der Waals surface area contributed by atoms with Gasteiger partial charge in [-0.25, -0.2) is 0 Å². The third-order valence-electron chi connectivity index (χ3n) is 0.524. The summed E-state index contributed by atoms with van der Waals surface area (Å²) in [5, 5.41) is 8.21. The highest BCUT2D eigenvalue weighted by Gasteiger charge is 1.80. The van der Waals surface area contributed by atoms with Crippen LogP contribution in [0.2, 0.25) is 0 Å². The maximum atomic E-state index is 8.21. The molecular formula is C4H9IO2. The molecule has 0 aromatic carbocycles. The monoisotopic (exact) mass is 216 g/mol. The third-order valence-corrected chi connectivity index (χ3v) is 0.964. The zero-order valence-corrected chi connectivity index (χ0v) is 6.22. The van der Waals surface area contributed by atoms with Crippen LogP contribution in [0.25, 0.3) is 0 Å². The van der Waals surface area contributed by atoms with Crippen molar-refractivity contribution in [2.45, 2.75) is 6.42 Å². The Morgan fingerprint density at radius 1 is 1.57 bits per heavy atom. The van der Waals surface area contributed by atoms with Crippen LogP contribution >= 0.6 is 22.6 Å². The molecule has 0 rings (SSSR count). The first-order chi connectivity index (χ1) is 3.41. The van der Waals surface area contributed by atoms with E-state index in [1.165, 1.54) is 0 Å². The van der Waals surface area contributed by atoms with Gasteiger partial charge in [-0.2, -0.15) is 0 Å². The van der Waals surface area contributed by atoms with Crippen molar-refractivity contribution < 1.29 is 9.84 Å². The second-order valence-corrected chi connectivity index (χ2v) is 1.72. The van der Waals surface area contributed by atoms with Gasteiger partial charge < -0.3 is 9.84 Å². The summed E-state index contributed by atoms with van der Waals surface area (Å²) in [6.45, 7) is 0.913. The number of rotatable bonds is 4. The fourth-order valence-corrected chi connectivity index (χ4v) is 0.533. The molecule has 0 unspecified atom stereocenters. The van der Waals surface area contributed by atoms with Crippen molar-refractivity contribution in [3.05, 3.63) is 0 Å². The van der Waals surface area contributed by atoms with Gasteiger partial charge in [-0.3, -0.25) is 0 Å². The van der Waals surface area contributed by atoms with Crippen molar-refractivity contribution in [2.24, 2.45) is 0 Å². The molecule has 0 heterocycles. The van der Waals surface area contributed by atoms with Crippen LogP contribution in [-0.2, 0) is 4.74 Å². The summed E-state index contributed by atoms with van der Waals surface area (Å²) in [6, 6.07) is 0. The van der Waals surface area contributed by atoms with Crippen LogP contribution in [0.4, 0.5) is 0 Å². The Morgan fingerprint density at radius 3 is 2.71 bits per heavy atom. The Kier molecular flexibility index (Phi) is 7.27. The van der Waals surface area contributed by atoms with E-state index in [1.54, 1.807) is 0 Å². The van der Waals surface area contributed by atoms with Gasteiger partial charge in [0.1, 0.15) is 0 Å². The summed E-state index contributed by atoms with van der Waals surface area (Å²) < 4.78 is 5.62. The molecule has 0 radical (unpaired) electrons. The van der Waals surface area contributed by atoms with Gasteiger partial charge in [0.15, 0.2) is 0 Å². The lowest BCUT2D eigenvalue weighted by atomic mass is 10.5. The maximum absolute atomic E-state index is 8.21. The number of hydrogen-bond donors (Lipinski definition) is 1. The molecule has 0 fully saturated rings. The standard InChI is InChI=1S/C4H9IO2/c5-4-7-3-1-2-6/h6H,1-4H2. The lowest BCUT2D eigenvalue weighted by Crippen LogP contribution is -1.93. The van der Waals surface area contributed by atoms with Gasteiger partial charge in [-0.05, 0) is 6.42 Å². The van der Waals surface area contributed by atoms with Crippen LogP contribution in [0.15, 0.2) is 0 Å². The van der Waals surface area contributed by atoms with Crippen molar-refractivity contribution in [3.8, 4) is 0 Å². The van der Waals surface area contributed by atoms with Crippen molar-refractivity contribution in [2.75, 3.05) is 17.8 Å². The van der Waals surface area contributed by atoms with E-state index < -0.39 is 0 Å². The smallest absolute Gasteiger partial charge is 0.0979 e. The molecule has 0 aliphatic carbocycles. The van der Waals surface area contributed by atoms with E-state index >= 15 is 0 Å². The van der Waals surface area contributed by atoms with Crippen molar-refractivity contribution in [1.82, 2.24) is 0 Å². The van der Waals surface area contributed by atoms with Crippen LogP contribution in [-0.4, -0.2) is 22.9 Å². The molecule has 0 saturated carbocycles. The zero-order chi connectivity index (χ0) is 5.54. The number of ether oxygens (including phenoxy) is 1. The SMILES string of the molecule is OCCCOCI. The summed E-state index contributed by atoms with van der Waals surface area (Å²) >= 11 is 2.12. The first-order valence-electron chi connectivity index (χ1n) is 2.16. The molecule has 1 N–H and O–H groups in total. The first kappa shape index (κ1) is 7.65. The number of hydrogen-bond acceptors (Lipinski definition) is 2. The van der Waals surface area contributed by atoms with Crippen LogP contribution in [0.5, 0.6) is 0 Å². The van der Waals surface area contributed by atoms with Gasteiger partial charge in [-0.15, -0.1) is 0 Å². The molecule has 7 heavy (non-hydrogen) atoms. The van der Waals surface area contributed by atoms with Gasteiger partial charge in [0, 0.05) is 13.2 Å². The minimum atomic E-state index is 0.233. The Morgan fingerprint density at radius 2 is 2.29 bits per heavy atom. The summed E-state index contributed by atoms with van der Waals surface area (Å²) in [4.78, 5) is 0. The molecule has 2 nitrogen and oxygen atoms in total. The van der Waals surface area contributed by atoms with E-state index in [4.69, 9.17) is 9.84 Å². The van der Waals surface area contributed by atoms with Gasteiger partial charge in [0.05, 0.1) is 4.61 Å². The molecule has 0 saturated heterocycles. The Balaban J connectivity index is 2.45. The first-order valence-corrected chi connectivity index (χ1v) is 3.69. The van der Waals surface area contributed by atoms with E-state index in [2.05, 4.69) is 22.6 Å². The summed E-state index contributed by atoms with van der Waals surface area (Å²) in [5.74, 6) is 0. The molecule has 0 aromatic heterocycles. The lowest BCUT2D eigenvalue weighted by molar-refractivity contribution is 0.160. The Hall–Kier alpha value is 0.650. The fraction of sp³-hybridized carbons (Fsp3) is 1.00. The molecule has 0 atom stereocenters. The predicted octanol–water partition coefficient (Wildman–Crippen LogP) is 0.778. The van der Waals surface area contributed by atoms with Crippen molar-refractivity contribution in [3.63, 3.8) is 0 Å². The Labute approximate surface area is 57.0 Å². The highest BCUT2D eigenvalue weighted by atomic mass is 127. The summed E-state index contributed by atoms with van der Waals surface area (Å²) in [7, 11) is 0. The van der Waals surface area contributed by atoms with Crippen molar-refractivity contribution >= 4 is 22.6 Å². The normalized spacial score (nSPS) is 9.43. The average molecular weight is 216 g/mol. The zero-order valence-electron chi connectivity index (χ0n) is 4.06. The number of aliphatic hydroxyl groups excluding tert-OH is 1. The summed E-state index contributed by atoms with van der Waals surface area (Å²) in [5.41, 5.74) is 0. The van der Waals surface area contributed by atoms with Crippen molar-refractivity contribution in [1.29, 1.82) is 0 Å². The number of aliphatic hydroxyl groups is 1. The molecule has 0 aliphatic rings. The predicted molar refractivity (Wildman–Crippen MR) is 36.5 cm³/mol. The summed E-state index contributed by atoms with van der Waals surface area (Å²) in [6.07, 6.45) is 0.753. The van der Waals surface area contributed by atoms with Gasteiger partial charge in [0.2, 0.25) is 0 Å². The molecule has 0 amide bonds. The quantitative estimate of drug-likeness (QED) is 0.427. The largest absolute Gasteiger partial charge is 0.396 e. The molecule has 44 valence electrons. The topological polar surface area (TPSA) is 29.5 Å². The van der Waals surface area contributed by atoms with Crippen LogP contribution in [0.1, 0.15) is 6.42 Å². The average Bonchev–Trinajstić information content (AvgIpc) is 1.69. The Bertz CT molecular complexity index is 28.9. The molecule has 0 aromatic rings. The fourth-order valence-electron chi connectivity index (χ4n) is 0.221. The van der Waals surface area contributed by atoms with E-state index in [1.807, 2.05) is 0 Å². The van der Waals surface area contributed by atoms with Crippen LogP contribution in [0, 0.1) is 0 Å². The molecule has 0 aliphatic heterocycles. The second kappa shape index (κ2) is 6.65. The number of halogens is 1. The highest BCUT2D eigenvalue weighted by Crippen LogP contribution is 1.84. The third kappa shape index (κ3) is 6.65.